The molecule has 5 nitrogen and oxygen atoms in total. The summed E-state index contributed by atoms with van der Waals surface area (Å²) in [5.74, 6) is 0.482. The van der Waals surface area contributed by atoms with Gasteiger partial charge in [0.05, 0.1) is 18.4 Å². The minimum absolute atomic E-state index is 0.123. The Morgan fingerprint density at radius 3 is 2.14 bits per heavy atom. The molecule has 1 N–H and O–H groups in total. The van der Waals surface area contributed by atoms with Gasteiger partial charge in [0.1, 0.15) is 11.9 Å². The molecule has 1 unspecified atom stereocenters. The van der Waals surface area contributed by atoms with Crippen molar-refractivity contribution in [2.45, 2.75) is 66.4 Å². The molecule has 0 radical (unpaired) electrons. The largest absolute Gasteiger partial charge is 0.485 e. The highest BCUT2D eigenvalue weighted by Crippen LogP contribution is 2.37. The van der Waals surface area contributed by atoms with Crippen LogP contribution in [0.1, 0.15) is 78.4 Å². The molecule has 0 aliphatic rings. The molecule has 198 valence electrons. The SMILES string of the molecule is COC(=O)CCNC(=O)c1ccc(C(Oc2cc(C)c(-c3ccc(C(C)(C)C)cc3)c(C)c2)C(C)C)s1. The first-order valence-corrected chi connectivity index (χ1v) is 13.6. The molecular weight excluding hydrogens is 482 g/mol. The molecule has 0 fully saturated rings. The molecule has 2 aromatic carbocycles. The van der Waals surface area contributed by atoms with Crippen LogP contribution in [0.15, 0.2) is 48.5 Å². The molecule has 0 spiro atoms. The van der Waals surface area contributed by atoms with Crippen molar-refractivity contribution in [3.05, 3.63) is 75.0 Å². The number of methoxy groups -OCH3 is 1. The van der Waals surface area contributed by atoms with E-state index in [1.165, 1.54) is 35.1 Å². The molecule has 3 aromatic rings. The number of ether oxygens (including phenoxy) is 2. The Morgan fingerprint density at radius 2 is 1.59 bits per heavy atom. The van der Waals surface area contributed by atoms with Gasteiger partial charge in [-0.1, -0.05) is 58.9 Å². The minimum Gasteiger partial charge on any atom is -0.485 e. The monoisotopic (exact) mass is 521 g/mol. The van der Waals surface area contributed by atoms with E-state index in [4.69, 9.17) is 4.74 Å². The Bertz CT molecular complexity index is 1210. The molecule has 0 aliphatic heterocycles. The van der Waals surface area contributed by atoms with Gasteiger partial charge in [-0.25, -0.2) is 0 Å². The summed E-state index contributed by atoms with van der Waals surface area (Å²) in [5.41, 5.74) is 6.21. The zero-order valence-electron chi connectivity index (χ0n) is 23.2. The van der Waals surface area contributed by atoms with E-state index < -0.39 is 0 Å². The Morgan fingerprint density at radius 1 is 0.973 bits per heavy atom. The maximum atomic E-state index is 12.5. The standard InChI is InChI=1S/C31H39NO4S/c1-19(2)29(25-13-14-26(37-25)30(34)32-16-15-27(33)35-8)36-24-17-20(3)28(21(4)18-24)22-9-11-23(12-10-22)31(5,6)7/h9-14,17-19,29H,15-16H2,1-8H3,(H,32,34). The molecule has 0 saturated carbocycles. The minimum atomic E-state index is -0.348. The third-order valence-corrected chi connectivity index (χ3v) is 7.53. The Hall–Kier alpha value is -3.12. The van der Waals surface area contributed by atoms with Crippen molar-refractivity contribution in [2.75, 3.05) is 13.7 Å². The van der Waals surface area contributed by atoms with Gasteiger partial charge in [0.2, 0.25) is 0 Å². The maximum absolute atomic E-state index is 12.5. The molecule has 1 amide bonds. The second kappa shape index (κ2) is 12.0. The van der Waals surface area contributed by atoms with Crippen molar-refractivity contribution in [2.24, 2.45) is 5.92 Å². The summed E-state index contributed by atoms with van der Waals surface area (Å²) in [6.07, 6.45) is -0.0366. The summed E-state index contributed by atoms with van der Waals surface area (Å²) >= 11 is 1.42. The number of esters is 1. The van der Waals surface area contributed by atoms with Crippen molar-refractivity contribution in [3.8, 4) is 16.9 Å². The van der Waals surface area contributed by atoms with Gasteiger partial charge in [-0.2, -0.15) is 0 Å². The zero-order valence-corrected chi connectivity index (χ0v) is 24.0. The second-order valence-electron chi connectivity index (χ2n) is 10.8. The van der Waals surface area contributed by atoms with Crippen LogP contribution in [0.5, 0.6) is 5.75 Å². The van der Waals surface area contributed by atoms with Crippen molar-refractivity contribution >= 4 is 23.2 Å². The van der Waals surface area contributed by atoms with Gasteiger partial charge < -0.3 is 14.8 Å². The van der Waals surface area contributed by atoms with Crippen molar-refractivity contribution in [1.29, 1.82) is 0 Å². The molecule has 0 aliphatic carbocycles. The third kappa shape index (κ3) is 7.22. The smallest absolute Gasteiger partial charge is 0.307 e. The fourth-order valence-electron chi connectivity index (χ4n) is 4.35. The highest BCUT2D eigenvalue weighted by atomic mass is 32.1. The second-order valence-corrected chi connectivity index (χ2v) is 11.9. The number of nitrogens with one attached hydrogen (secondary N) is 1. The Kier molecular flexibility index (Phi) is 9.19. The maximum Gasteiger partial charge on any atom is 0.307 e. The van der Waals surface area contributed by atoms with Crippen LogP contribution in [-0.2, 0) is 14.9 Å². The lowest BCUT2D eigenvalue weighted by Gasteiger charge is -2.23. The topological polar surface area (TPSA) is 64.6 Å². The van der Waals surface area contributed by atoms with Crippen LogP contribution in [0.2, 0.25) is 0 Å². The van der Waals surface area contributed by atoms with Gasteiger partial charge in [-0.05, 0) is 77.3 Å². The number of amides is 1. The lowest BCUT2D eigenvalue weighted by Crippen LogP contribution is -2.25. The third-order valence-electron chi connectivity index (χ3n) is 6.39. The molecule has 6 heteroatoms. The highest BCUT2D eigenvalue weighted by molar-refractivity contribution is 7.14. The van der Waals surface area contributed by atoms with Crippen LogP contribution in [0.25, 0.3) is 11.1 Å². The molecule has 1 aromatic heterocycles. The van der Waals surface area contributed by atoms with E-state index in [9.17, 15) is 9.59 Å². The van der Waals surface area contributed by atoms with E-state index in [1.807, 2.05) is 12.1 Å². The summed E-state index contributed by atoms with van der Waals surface area (Å²) < 4.78 is 11.1. The van der Waals surface area contributed by atoms with E-state index in [2.05, 4.69) is 94.9 Å². The molecule has 0 saturated heterocycles. The van der Waals surface area contributed by atoms with Crippen LogP contribution in [-0.4, -0.2) is 25.5 Å². The van der Waals surface area contributed by atoms with Crippen molar-refractivity contribution in [1.82, 2.24) is 5.32 Å². The first-order valence-electron chi connectivity index (χ1n) is 12.7. The number of hydrogen-bond donors (Lipinski definition) is 1. The average molecular weight is 522 g/mol. The van der Waals surface area contributed by atoms with Gasteiger partial charge in [-0.15, -0.1) is 11.3 Å². The fourth-order valence-corrected chi connectivity index (χ4v) is 5.48. The first kappa shape index (κ1) is 28.5. The van der Waals surface area contributed by atoms with E-state index >= 15 is 0 Å². The van der Waals surface area contributed by atoms with Crippen molar-refractivity contribution < 1.29 is 19.1 Å². The van der Waals surface area contributed by atoms with Crippen LogP contribution < -0.4 is 10.1 Å². The summed E-state index contributed by atoms with van der Waals surface area (Å²) in [6, 6.07) is 16.8. The number of carbonyl (C=O) groups excluding carboxylic acids is 2. The van der Waals surface area contributed by atoms with Crippen LogP contribution >= 0.6 is 11.3 Å². The molecular formula is C31H39NO4S. The molecule has 3 rings (SSSR count). The molecule has 0 bridgehead atoms. The quantitative estimate of drug-likeness (QED) is 0.298. The Balaban J connectivity index is 1.77. The lowest BCUT2D eigenvalue weighted by atomic mass is 9.85. The number of benzene rings is 2. The van der Waals surface area contributed by atoms with Crippen LogP contribution in [0, 0.1) is 19.8 Å². The van der Waals surface area contributed by atoms with Crippen molar-refractivity contribution in [3.63, 3.8) is 0 Å². The average Bonchev–Trinajstić information content (AvgIpc) is 3.31. The van der Waals surface area contributed by atoms with Crippen LogP contribution in [0.3, 0.4) is 0 Å². The predicted molar refractivity (Wildman–Crippen MR) is 152 cm³/mol. The predicted octanol–water partition coefficient (Wildman–Crippen LogP) is 7.40. The Labute approximate surface area is 225 Å². The number of thiophene rings is 1. The summed E-state index contributed by atoms with van der Waals surface area (Å²) in [4.78, 5) is 25.4. The van der Waals surface area contributed by atoms with E-state index in [0.29, 0.717) is 4.88 Å². The number of hydrogen-bond acceptors (Lipinski definition) is 5. The number of rotatable bonds is 9. The molecule has 1 heterocycles. The summed E-state index contributed by atoms with van der Waals surface area (Å²) in [6.45, 7) is 15.4. The molecule has 37 heavy (non-hydrogen) atoms. The van der Waals surface area contributed by atoms with Gasteiger partial charge in [0.25, 0.3) is 5.91 Å². The normalized spacial score (nSPS) is 12.4. The van der Waals surface area contributed by atoms with Crippen LogP contribution in [0.4, 0.5) is 0 Å². The lowest BCUT2D eigenvalue weighted by molar-refractivity contribution is -0.140. The van der Waals surface area contributed by atoms with E-state index in [-0.39, 0.29) is 42.3 Å². The molecule has 1 atom stereocenters. The highest BCUT2D eigenvalue weighted by Gasteiger charge is 2.23. The van der Waals surface area contributed by atoms with Gasteiger partial charge in [-0.3, -0.25) is 9.59 Å². The fraction of sp³-hybridized carbons (Fsp3) is 0.419. The van der Waals surface area contributed by atoms with E-state index in [0.717, 1.165) is 21.8 Å². The van der Waals surface area contributed by atoms with Gasteiger partial charge >= 0.3 is 5.97 Å². The summed E-state index contributed by atoms with van der Waals surface area (Å²) in [5, 5.41) is 2.77. The first-order chi connectivity index (χ1) is 17.4. The number of carbonyl (C=O) groups is 2. The number of aryl methyl sites for hydroxylation is 2. The van der Waals surface area contributed by atoms with E-state index in [1.54, 1.807) is 0 Å². The summed E-state index contributed by atoms with van der Waals surface area (Å²) in [7, 11) is 1.34. The van der Waals surface area contributed by atoms with Gasteiger partial charge in [0.15, 0.2) is 0 Å². The van der Waals surface area contributed by atoms with Gasteiger partial charge in [0, 0.05) is 11.4 Å². The zero-order chi connectivity index (χ0) is 27.3.